The second kappa shape index (κ2) is 40.4. The van der Waals surface area contributed by atoms with Crippen molar-refractivity contribution >= 4 is 127 Å². The molecule has 148 heavy (non-hydrogen) atoms. The van der Waals surface area contributed by atoms with E-state index < -0.39 is 0 Å². The summed E-state index contributed by atoms with van der Waals surface area (Å²) in [6, 6.07) is 218. The van der Waals surface area contributed by atoms with Crippen molar-refractivity contribution in [2.24, 2.45) is 0 Å². The zero-order chi connectivity index (χ0) is 98.4. The Morgan fingerprint density at radius 3 is 0.601 bits per heavy atom. The highest BCUT2D eigenvalue weighted by Crippen LogP contribution is 2.50. The van der Waals surface area contributed by atoms with Gasteiger partial charge in [-0.1, -0.05) is 449 Å². The summed E-state index contributed by atoms with van der Waals surface area (Å²) in [7, 11) is 0. The van der Waals surface area contributed by atoms with Gasteiger partial charge in [0.05, 0.1) is 50.2 Å². The molecule has 0 aliphatic carbocycles. The molecule has 0 atom stereocenters. The van der Waals surface area contributed by atoms with Crippen molar-refractivity contribution in [3.8, 4) is 106 Å². The van der Waals surface area contributed by atoms with Gasteiger partial charge in [-0.2, -0.15) is 0 Å². The number of aromatic nitrogens is 3. The summed E-state index contributed by atoms with van der Waals surface area (Å²) in [5.74, 6) is 0. The number of nitrogens with zero attached hydrogens (tertiary/aromatic N) is 6. The molecule has 0 radical (unpaired) electrons. The molecule has 0 aliphatic heterocycles. The maximum atomic E-state index is 2.44. The number of fused-ring (bicyclic) bond motifs is 10. The summed E-state index contributed by atoms with van der Waals surface area (Å²) in [6.45, 7) is 0. The second-order valence-electron chi connectivity index (χ2n) is 37.4. The van der Waals surface area contributed by atoms with Crippen molar-refractivity contribution in [1.82, 2.24) is 13.7 Å². The van der Waals surface area contributed by atoms with Crippen molar-refractivity contribution in [2.45, 2.75) is 0 Å². The van der Waals surface area contributed by atoms with Crippen molar-refractivity contribution in [2.75, 3.05) is 14.7 Å². The number of benzene rings is 24. The summed E-state index contributed by atoms with van der Waals surface area (Å²) in [4.78, 5) is 7.15. The van der Waals surface area contributed by atoms with E-state index in [1.807, 2.05) is 0 Å². The SMILES string of the molecule is c1ccc(-c2ccc(-c3ccc(-n4c5ccccc5c5cccc(N(c6ccccc6)c6ccccc6)c54)cc3)cc2)cc1.c1ccc(-c2ccc(N(c3ccc(-c4ccccc4)cc3)c3cccc4c5ccccc5n(-c5ccc(-c6cccc(-c7ccccc7)c6)cc5)c34)cc2)cc1.c1ccc(-c2ccc(N(c3ccccc3)c3cccc4c5ccccc5n(-c5ccc(-c6ccc7ccccc7c6)cc5)c34)cc2)cc1. The highest BCUT2D eigenvalue weighted by molar-refractivity contribution is 6.18. The summed E-state index contributed by atoms with van der Waals surface area (Å²) in [6.07, 6.45) is 0. The molecule has 0 aliphatic rings. The molecule has 0 unspecified atom stereocenters. The highest BCUT2D eigenvalue weighted by atomic mass is 15.2. The maximum absolute atomic E-state index is 2.44. The lowest BCUT2D eigenvalue weighted by atomic mass is 9.99. The van der Waals surface area contributed by atoms with Crippen molar-refractivity contribution in [3.05, 3.63) is 607 Å². The quantitative estimate of drug-likeness (QED) is 0.0760. The van der Waals surface area contributed by atoms with Crippen LogP contribution in [0.5, 0.6) is 0 Å². The first-order chi connectivity index (χ1) is 73.4. The van der Waals surface area contributed by atoms with Crippen LogP contribution in [0.1, 0.15) is 0 Å². The Bertz CT molecular complexity index is 9230. The molecule has 0 spiro atoms. The van der Waals surface area contributed by atoms with Crippen LogP contribution >= 0.6 is 0 Å². The van der Waals surface area contributed by atoms with E-state index in [9.17, 15) is 0 Å². The first-order valence-electron chi connectivity index (χ1n) is 50.7. The van der Waals surface area contributed by atoms with E-state index in [2.05, 4.69) is 635 Å². The standard InChI is InChI=1S/C54H38N2.C46H32N2.C42H30N2/c1-4-14-39(15-5-1)42-26-32-47(33-27-42)55(48-34-28-43(29-35-48)40-16-6-2-7-17-40)53-25-13-23-51-50-22-10-11-24-52(50)56(54(51)53)49-36-30-44(31-37-49)46-21-12-20-45(38-46)41-18-8-3-9-19-41;1-3-12-33(13-4-1)35-24-28-40(29-25-35)47(39-16-5-2-6-17-39)45-21-11-19-43-42-18-9-10-20-44(42)48(46(43)45)41-30-26-36(27-31-41)38-23-22-34-14-7-8-15-37(34)32-38;1-4-13-31(14-5-1)32-23-25-33(26-24-32)34-27-29-37(30-28-34)44-40-21-11-10-19-38(40)39-20-12-22-41(42(39)44)43(35-15-6-2-7-16-35)36-17-8-3-9-18-36/h1-38H;1-32H;1-30H. The fourth-order valence-corrected chi connectivity index (χ4v) is 21.4. The van der Waals surface area contributed by atoms with Crippen LogP contribution in [0.25, 0.3) is 182 Å². The molecule has 6 heteroatoms. The van der Waals surface area contributed by atoms with Gasteiger partial charge in [-0.25, -0.2) is 0 Å². The van der Waals surface area contributed by atoms with Crippen LogP contribution < -0.4 is 14.7 Å². The average Bonchev–Trinajstić information content (AvgIpc) is 1.58. The van der Waals surface area contributed by atoms with Crippen LogP contribution in [0.3, 0.4) is 0 Å². The van der Waals surface area contributed by atoms with Crippen molar-refractivity contribution in [1.29, 1.82) is 0 Å². The zero-order valence-electron chi connectivity index (χ0n) is 81.4. The van der Waals surface area contributed by atoms with Crippen molar-refractivity contribution < 1.29 is 0 Å². The maximum Gasteiger partial charge on any atom is 0.0782 e. The normalized spacial score (nSPS) is 11.2. The molecule has 0 amide bonds. The molecule has 27 rings (SSSR count). The molecule has 698 valence electrons. The van der Waals surface area contributed by atoms with E-state index in [1.165, 1.54) is 160 Å². The molecule has 6 nitrogen and oxygen atoms in total. The minimum Gasteiger partial charge on any atom is -0.308 e. The van der Waals surface area contributed by atoms with Gasteiger partial charge >= 0.3 is 0 Å². The van der Waals surface area contributed by atoms with E-state index in [-0.39, 0.29) is 0 Å². The molecule has 3 aromatic heterocycles. The van der Waals surface area contributed by atoms with Crippen LogP contribution in [0.15, 0.2) is 607 Å². The van der Waals surface area contributed by atoms with Gasteiger partial charge in [-0.15, -0.1) is 0 Å². The fraction of sp³-hybridized carbons (Fsp3) is 0. The number of para-hydroxylation sites is 9. The highest BCUT2D eigenvalue weighted by Gasteiger charge is 2.27. The van der Waals surface area contributed by atoms with Crippen molar-refractivity contribution in [3.63, 3.8) is 0 Å². The number of hydrogen-bond acceptors (Lipinski definition) is 3. The number of rotatable bonds is 20. The van der Waals surface area contributed by atoms with E-state index in [4.69, 9.17) is 0 Å². The lowest BCUT2D eigenvalue weighted by Gasteiger charge is -2.27. The van der Waals surface area contributed by atoms with Gasteiger partial charge in [0.1, 0.15) is 0 Å². The third-order valence-corrected chi connectivity index (χ3v) is 28.6. The fourth-order valence-electron chi connectivity index (χ4n) is 21.4. The third kappa shape index (κ3) is 17.7. The second-order valence-corrected chi connectivity index (χ2v) is 37.4. The van der Waals surface area contributed by atoms with E-state index in [0.717, 1.165) is 73.8 Å². The Balaban J connectivity index is 0.000000116. The van der Waals surface area contributed by atoms with Crippen LogP contribution in [-0.4, -0.2) is 13.7 Å². The summed E-state index contributed by atoms with van der Waals surface area (Å²) < 4.78 is 7.29. The Morgan fingerprint density at radius 2 is 0.304 bits per heavy atom. The largest absolute Gasteiger partial charge is 0.308 e. The average molecular weight is 1890 g/mol. The first-order valence-corrected chi connectivity index (χ1v) is 50.7. The molecule has 0 bridgehead atoms. The molecule has 0 N–H and O–H groups in total. The Kier molecular flexibility index (Phi) is 24.5. The molecular weight excluding hydrogens is 1790 g/mol. The third-order valence-electron chi connectivity index (χ3n) is 28.6. The number of anilines is 9. The van der Waals surface area contributed by atoms with Gasteiger partial charge in [-0.05, 0) is 258 Å². The first kappa shape index (κ1) is 89.7. The minimum atomic E-state index is 1.09. The Labute approximate surface area is 862 Å². The van der Waals surface area contributed by atoms with Crippen LogP contribution in [-0.2, 0) is 0 Å². The van der Waals surface area contributed by atoms with Crippen LogP contribution in [0, 0.1) is 0 Å². The molecule has 0 saturated heterocycles. The zero-order valence-corrected chi connectivity index (χ0v) is 81.4. The smallest absolute Gasteiger partial charge is 0.0782 e. The minimum absolute atomic E-state index is 1.09. The van der Waals surface area contributed by atoms with Gasteiger partial charge in [0.15, 0.2) is 0 Å². The molecule has 0 fully saturated rings. The predicted molar refractivity (Wildman–Crippen MR) is 627 cm³/mol. The Hall–Kier alpha value is -19.7. The predicted octanol–water partition coefficient (Wildman–Crippen LogP) is 39.2. The van der Waals surface area contributed by atoms with E-state index in [1.54, 1.807) is 0 Å². The molecule has 24 aromatic carbocycles. The van der Waals surface area contributed by atoms with Gasteiger partial charge in [0.2, 0.25) is 0 Å². The van der Waals surface area contributed by atoms with Gasteiger partial charge in [0.25, 0.3) is 0 Å². The van der Waals surface area contributed by atoms with Crippen LogP contribution in [0.2, 0.25) is 0 Å². The topological polar surface area (TPSA) is 24.5 Å². The molecular formula is C142H100N6. The monoisotopic (exact) mass is 1890 g/mol. The lowest BCUT2D eigenvalue weighted by Crippen LogP contribution is -2.11. The van der Waals surface area contributed by atoms with E-state index in [0.29, 0.717) is 0 Å². The summed E-state index contributed by atoms with van der Waals surface area (Å²) in [5, 5.41) is 9.88. The van der Waals surface area contributed by atoms with Crippen LogP contribution in [0.4, 0.5) is 51.2 Å². The lowest BCUT2D eigenvalue weighted by molar-refractivity contribution is 1.17. The molecule has 3 heterocycles. The molecule has 27 aromatic rings. The van der Waals surface area contributed by atoms with Gasteiger partial charge in [-0.3, -0.25) is 0 Å². The summed E-state index contributed by atoms with van der Waals surface area (Å²) in [5.41, 5.74) is 39.8. The number of hydrogen-bond donors (Lipinski definition) is 0. The van der Waals surface area contributed by atoms with Gasteiger partial charge < -0.3 is 28.4 Å². The Morgan fingerprint density at radius 1 is 0.115 bits per heavy atom. The van der Waals surface area contributed by atoms with Gasteiger partial charge in [0, 0.05) is 83.5 Å². The summed E-state index contributed by atoms with van der Waals surface area (Å²) >= 11 is 0. The van der Waals surface area contributed by atoms with E-state index >= 15 is 0 Å². The molecule has 0 saturated carbocycles.